The Morgan fingerprint density at radius 1 is 1.38 bits per heavy atom. The summed E-state index contributed by atoms with van der Waals surface area (Å²) in [6.45, 7) is 3.92. The van der Waals surface area contributed by atoms with Gasteiger partial charge in [-0.1, -0.05) is 23.7 Å². The third-order valence-corrected chi connectivity index (χ3v) is 3.23. The quantitative estimate of drug-likeness (QED) is 0.831. The Labute approximate surface area is 101 Å². The molecule has 1 atom stereocenters. The molecule has 1 aliphatic heterocycles. The Morgan fingerprint density at radius 2 is 2.12 bits per heavy atom. The van der Waals surface area contributed by atoms with Crippen LogP contribution in [-0.4, -0.2) is 42.3 Å². The summed E-state index contributed by atoms with van der Waals surface area (Å²) in [5.41, 5.74) is 1.24. The first-order chi connectivity index (χ1) is 7.79. The van der Waals surface area contributed by atoms with E-state index >= 15 is 0 Å². The highest BCUT2D eigenvalue weighted by Crippen LogP contribution is 2.13. The number of halogens is 1. The van der Waals surface area contributed by atoms with Crippen LogP contribution in [0.15, 0.2) is 24.3 Å². The number of piperazine rings is 1. The van der Waals surface area contributed by atoms with Gasteiger partial charge in [0.1, 0.15) is 0 Å². The number of aliphatic hydroxyl groups is 1. The molecule has 1 unspecified atom stereocenters. The van der Waals surface area contributed by atoms with Gasteiger partial charge in [0, 0.05) is 37.2 Å². The Kier molecular flexibility index (Phi) is 4.18. The molecule has 3 nitrogen and oxygen atoms in total. The van der Waals surface area contributed by atoms with Gasteiger partial charge in [-0.05, 0) is 17.7 Å². The number of rotatable bonds is 3. The van der Waals surface area contributed by atoms with Crippen LogP contribution in [0.3, 0.4) is 0 Å². The van der Waals surface area contributed by atoms with Gasteiger partial charge >= 0.3 is 0 Å². The largest absolute Gasteiger partial charge is 0.395 e. The predicted molar refractivity (Wildman–Crippen MR) is 65.6 cm³/mol. The van der Waals surface area contributed by atoms with Crippen LogP contribution in [0.4, 0.5) is 0 Å². The summed E-state index contributed by atoms with van der Waals surface area (Å²) in [6, 6.07) is 8.13. The third-order valence-electron chi connectivity index (χ3n) is 2.98. The van der Waals surface area contributed by atoms with Crippen LogP contribution in [0.2, 0.25) is 5.02 Å². The predicted octanol–water partition coefficient (Wildman–Crippen LogP) is 1.11. The third kappa shape index (κ3) is 2.95. The first-order valence-electron chi connectivity index (χ1n) is 5.59. The van der Waals surface area contributed by atoms with Gasteiger partial charge in [0.15, 0.2) is 0 Å². The zero-order valence-corrected chi connectivity index (χ0v) is 9.95. The minimum atomic E-state index is 0.209. The van der Waals surface area contributed by atoms with Gasteiger partial charge in [0.25, 0.3) is 0 Å². The first-order valence-corrected chi connectivity index (χ1v) is 5.97. The van der Waals surface area contributed by atoms with E-state index in [1.165, 1.54) is 5.56 Å². The van der Waals surface area contributed by atoms with E-state index in [2.05, 4.69) is 10.2 Å². The molecule has 1 aliphatic rings. The Bertz CT molecular complexity index is 328. The van der Waals surface area contributed by atoms with Crippen molar-refractivity contribution in [3.8, 4) is 0 Å². The van der Waals surface area contributed by atoms with Crippen molar-refractivity contribution >= 4 is 11.6 Å². The molecular formula is C12H17ClN2O. The minimum Gasteiger partial charge on any atom is -0.395 e. The van der Waals surface area contributed by atoms with E-state index in [-0.39, 0.29) is 12.6 Å². The second-order valence-corrected chi connectivity index (χ2v) is 4.57. The van der Waals surface area contributed by atoms with Gasteiger partial charge in [-0.2, -0.15) is 0 Å². The summed E-state index contributed by atoms with van der Waals surface area (Å²) >= 11 is 5.85. The van der Waals surface area contributed by atoms with E-state index in [1.807, 2.05) is 24.3 Å². The van der Waals surface area contributed by atoms with Gasteiger partial charge in [0.05, 0.1) is 6.61 Å². The summed E-state index contributed by atoms with van der Waals surface area (Å²) in [5.74, 6) is 0. The van der Waals surface area contributed by atoms with Gasteiger partial charge < -0.3 is 10.4 Å². The molecular weight excluding hydrogens is 224 g/mol. The lowest BCUT2D eigenvalue weighted by atomic mass is 10.1. The SMILES string of the molecule is OCC1CNCCN1Cc1ccc(Cl)cc1. The van der Waals surface area contributed by atoms with Crippen molar-refractivity contribution in [3.05, 3.63) is 34.9 Å². The molecule has 4 heteroatoms. The lowest BCUT2D eigenvalue weighted by Gasteiger charge is -2.35. The Hall–Kier alpha value is -0.610. The fourth-order valence-electron chi connectivity index (χ4n) is 2.02. The molecule has 0 aliphatic carbocycles. The highest BCUT2D eigenvalue weighted by molar-refractivity contribution is 6.30. The van der Waals surface area contributed by atoms with E-state index in [9.17, 15) is 5.11 Å². The topological polar surface area (TPSA) is 35.5 Å². The second kappa shape index (κ2) is 5.64. The maximum absolute atomic E-state index is 9.28. The number of hydrogen-bond donors (Lipinski definition) is 2. The summed E-state index contributed by atoms with van der Waals surface area (Å²) in [4.78, 5) is 2.31. The number of hydrogen-bond acceptors (Lipinski definition) is 3. The van der Waals surface area contributed by atoms with Crippen LogP contribution < -0.4 is 5.32 Å². The van der Waals surface area contributed by atoms with Crippen molar-refractivity contribution in [2.45, 2.75) is 12.6 Å². The standard InChI is InChI=1S/C12H17ClN2O/c13-11-3-1-10(2-4-11)8-15-6-5-14-7-12(15)9-16/h1-4,12,14,16H,5-9H2. The molecule has 0 bridgehead atoms. The van der Waals surface area contributed by atoms with E-state index < -0.39 is 0 Å². The fraction of sp³-hybridized carbons (Fsp3) is 0.500. The molecule has 1 fully saturated rings. The van der Waals surface area contributed by atoms with Crippen molar-refractivity contribution in [1.29, 1.82) is 0 Å². The minimum absolute atomic E-state index is 0.209. The van der Waals surface area contributed by atoms with Crippen LogP contribution in [-0.2, 0) is 6.54 Å². The van der Waals surface area contributed by atoms with Gasteiger partial charge in [0.2, 0.25) is 0 Å². The molecule has 0 amide bonds. The average molecular weight is 241 g/mol. The molecule has 16 heavy (non-hydrogen) atoms. The highest BCUT2D eigenvalue weighted by Gasteiger charge is 2.20. The van der Waals surface area contributed by atoms with E-state index in [0.29, 0.717) is 0 Å². The lowest BCUT2D eigenvalue weighted by molar-refractivity contribution is 0.0946. The van der Waals surface area contributed by atoms with Gasteiger partial charge in [-0.3, -0.25) is 4.90 Å². The smallest absolute Gasteiger partial charge is 0.0599 e. The molecule has 0 spiro atoms. The molecule has 0 aromatic heterocycles. The van der Waals surface area contributed by atoms with Crippen molar-refractivity contribution in [2.75, 3.05) is 26.2 Å². The second-order valence-electron chi connectivity index (χ2n) is 4.14. The van der Waals surface area contributed by atoms with Gasteiger partial charge in [-0.15, -0.1) is 0 Å². The molecule has 0 saturated carbocycles. The maximum Gasteiger partial charge on any atom is 0.0599 e. The van der Waals surface area contributed by atoms with Crippen LogP contribution in [0.1, 0.15) is 5.56 Å². The molecule has 2 N–H and O–H groups in total. The first kappa shape index (κ1) is 11.9. The zero-order chi connectivity index (χ0) is 11.4. The lowest BCUT2D eigenvalue weighted by Crippen LogP contribution is -2.52. The summed E-state index contributed by atoms with van der Waals surface area (Å²) in [7, 11) is 0. The number of nitrogens with one attached hydrogen (secondary N) is 1. The molecule has 2 rings (SSSR count). The molecule has 0 radical (unpaired) electrons. The van der Waals surface area contributed by atoms with Crippen molar-refractivity contribution < 1.29 is 5.11 Å². The Morgan fingerprint density at radius 3 is 2.81 bits per heavy atom. The molecule has 1 saturated heterocycles. The van der Waals surface area contributed by atoms with E-state index in [4.69, 9.17) is 11.6 Å². The zero-order valence-electron chi connectivity index (χ0n) is 9.19. The van der Waals surface area contributed by atoms with Crippen LogP contribution in [0, 0.1) is 0 Å². The molecule has 1 heterocycles. The highest BCUT2D eigenvalue weighted by atomic mass is 35.5. The summed E-state index contributed by atoms with van der Waals surface area (Å²) in [6.07, 6.45) is 0. The molecule has 1 aromatic rings. The van der Waals surface area contributed by atoms with Crippen molar-refractivity contribution in [1.82, 2.24) is 10.2 Å². The van der Waals surface area contributed by atoms with Crippen molar-refractivity contribution in [3.63, 3.8) is 0 Å². The Balaban J connectivity index is 1.99. The number of nitrogens with zero attached hydrogens (tertiary/aromatic N) is 1. The molecule has 88 valence electrons. The molecule has 1 aromatic carbocycles. The van der Waals surface area contributed by atoms with E-state index in [0.717, 1.165) is 31.2 Å². The van der Waals surface area contributed by atoms with Gasteiger partial charge in [-0.25, -0.2) is 0 Å². The fourth-order valence-corrected chi connectivity index (χ4v) is 2.14. The van der Waals surface area contributed by atoms with E-state index in [1.54, 1.807) is 0 Å². The van der Waals surface area contributed by atoms with Crippen LogP contribution in [0.5, 0.6) is 0 Å². The maximum atomic E-state index is 9.28. The van der Waals surface area contributed by atoms with Crippen molar-refractivity contribution in [2.24, 2.45) is 0 Å². The summed E-state index contributed by atoms with van der Waals surface area (Å²) < 4.78 is 0. The monoisotopic (exact) mass is 240 g/mol. The number of benzene rings is 1. The average Bonchev–Trinajstić information content (AvgIpc) is 2.33. The normalized spacial score (nSPS) is 22.2. The summed E-state index contributed by atoms with van der Waals surface area (Å²) in [5, 5.41) is 13.3. The van der Waals surface area contributed by atoms with Crippen LogP contribution >= 0.6 is 11.6 Å². The number of aliphatic hydroxyl groups excluding tert-OH is 1. The van der Waals surface area contributed by atoms with Crippen LogP contribution in [0.25, 0.3) is 0 Å².